The van der Waals surface area contributed by atoms with Crippen LogP contribution in [0.4, 0.5) is 0 Å². The minimum absolute atomic E-state index is 0.640. The van der Waals surface area contributed by atoms with Crippen LogP contribution >= 0.6 is 0 Å². The molecule has 0 amide bonds. The van der Waals surface area contributed by atoms with Gasteiger partial charge >= 0.3 is 0 Å². The van der Waals surface area contributed by atoms with Crippen LogP contribution in [0.1, 0.15) is 5.56 Å². The average molecular weight is 434 g/mol. The van der Waals surface area contributed by atoms with Gasteiger partial charge in [0.2, 0.25) is 0 Å². The highest BCUT2D eigenvalue weighted by atomic mass is 16.3. The summed E-state index contributed by atoms with van der Waals surface area (Å²) in [4.78, 5) is 0. The zero-order valence-electron chi connectivity index (χ0n) is 18.2. The van der Waals surface area contributed by atoms with Gasteiger partial charge in [-0.2, -0.15) is 5.26 Å². The van der Waals surface area contributed by atoms with E-state index < -0.39 is 0 Å². The summed E-state index contributed by atoms with van der Waals surface area (Å²) in [6.45, 7) is 0. The van der Waals surface area contributed by atoms with Crippen LogP contribution < -0.4 is 0 Å². The lowest BCUT2D eigenvalue weighted by Gasteiger charge is -2.16. The molecule has 7 aromatic rings. The Bertz CT molecular complexity index is 1880. The highest BCUT2D eigenvalue weighted by molar-refractivity contribution is 6.10. The molecule has 0 bridgehead atoms. The van der Waals surface area contributed by atoms with Gasteiger partial charge in [-0.1, -0.05) is 72.8 Å². The van der Waals surface area contributed by atoms with Gasteiger partial charge in [0, 0.05) is 27.1 Å². The van der Waals surface area contributed by atoms with Crippen molar-refractivity contribution in [1.82, 2.24) is 4.57 Å². The van der Waals surface area contributed by atoms with Gasteiger partial charge in [-0.15, -0.1) is 0 Å². The Morgan fingerprint density at radius 3 is 1.97 bits per heavy atom. The van der Waals surface area contributed by atoms with E-state index in [0.29, 0.717) is 5.56 Å². The Labute approximate surface area is 195 Å². The molecule has 0 aliphatic heterocycles. The number of aromatic nitrogens is 1. The van der Waals surface area contributed by atoms with Gasteiger partial charge in [-0.05, 0) is 42.0 Å². The summed E-state index contributed by atoms with van der Waals surface area (Å²) in [5.74, 6) is 0. The molecule has 2 heterocycles. The molecular weight excluding hydrogens is 416 g/mol. The number of hydrogen-bond donors (Lipinski definition) is 0. The number of hydrogen-bond acceptors (Lipinski definition) is 2. The molecule has 2 aromatic heterocycles. The summed E-state index contributed by atoms with van der Waals surface area (Å²) in [6.07, 6.45) is 0. The summed E-state index contributed by atoms with van der Waals surface area (Å²) >= 11 is 0. The van der Waals surface area contributed by atoms with Crippen molar-refractivity contribution in [3.8, 4) is 22.9 Å². The molecule has 5 aromatic carbocycles. The van der Waals surface area contributed by atoms with E-state index >= 15 is 0 Å². The van der Waals surface area contributed by atoms with E-state index in [1.165, 1.54) is 10.8 Å². The van der Waals surface area contributed by atoms with E-state index in [9.17, 15) is 5.26 Å². The molecular formula is C31H18N2O. The Balaban J connectivity index is 1.60. The molecule has 0 spiro atoms. The standard InChI is InChI=1S/C31H18N2O/c32-19-21-8-7-12-22(20-16-17-30-26(18-20)25-11-3-6-15-29(25)34-30)31(21)33-27-13-4-1-9-23(27)24-10-2-5-14-28(24)33/h1-18H. The number of nitrogens with zero attached hydrogens (tertiary/aromatic N) is 2. The first-order chi connectivity index (χ1) is 16.8. The van der Waals surface area contributed by atoms with E-state index in [4.69, 9.17) is 4.42 Å². The van der Waals surface area contributed by atoms with Crippen molar-refractivity contribution in [2.45, 2.75) is 0 Å². The molecule has 7 rings (SSSR count). The van der Waals surface area contributed by atoms with Gasteiger partial charge in [-0.3, -0.25) is 0 Å². The largest absolute Gasteiger partial charge is 0.456 e. The molecule has 0 saturated carbocycles. The maximum Gasteiger partial charge on any atom is 0.135 e. The van der Waals surface area contributed by atoms with Gasteiger partial charge in [0.15, 0.2) is 0 Å². The predicted octanol–water partition coefficient (Wildman–Crippen LogP) is 8.22. The average Bonchev–Trinajstić information content (AvgIpc) is 3.43. The summed E-state index contributed by atoms with van der Waals surface area (Å²) in [5.41, 5.74) is 7.51. The molecule has 158 valence electrons. The lowest BCUT2D eigenvalue weighted by Crippen LogP contribution is -2.00. The van der Waals surface area contributed by atoms with Crippen molar-refractivity contribution in [2.75, 3.05) is 0 Å². The molecule has 0 aliphatic rings. The Hall–Kier alpha value is -4.81. The second kappa shape index (κ2) is 7.10. The van der Waals surface area contributed by atoms with Crippen molar-refractivity contribution in [1.29, 1.82) is 5.26 Å². The van der Waals surface area contributed by atoms with E-state index in [0.717, 1.165) is 49.8 Å². The molecule has 0 radical (unpaired) electrons. The third kappa shape index (κ3) is 2.57. The summed E-state index contributed by atoms with van der Waals surface area (Å²) in [5, 5.41) is 14.6. The van der Waals surface area contributed by atoms with Crippen LogP contribution in [0.25, 0.3) is 60.6 Å². The zero-order valence-corrected chi connectivity index (χ0v) is 18.2. The predicted molar refractivity (Wildman–Crippen MR) is 138 cm³/mol. The van der Waals surface area contributed by atoms with Crippen LogP contribution in [0.3, 0.4) is 0 Å². The first-order valence-corrected chi connectivity index (χ1v) is 11.3. The zero-order chi connectivity index (χ0) is 22.6. The highest BCUT2D eigenvalue weighted by Crippen LogP contribution is 2.39. The normalized spacial score (nSPS) is 11.5. The maximum atomic E-state index is 10.1. The number of furan rings is 1. The lowest BCUT2D eigenvalue weighted by molar-refractivity contribution is 0.669. The maximum absolute atomic E-state index is 10.1. The van der Waals surface area contributed by atoms with E-state index in [2.05, 4.69) is 83.4 Å². The number of benzene rings is 5. The number of nitriles is 1. The van der Waals surface area contributed by atoms with E-state index in [1.54, 1.807) is 0 Å². The second-order valence-electron chi connectivity index (χ2n) is 8.49. The van der Waals surface area contributed by atoms with Crippen molar-refractivity contribution in [3.05, 3.63) is 115 Å². The first kappa shape index (κ1) is 18.7. The third-order valence-corrected chi connectivity index (χ3v) is 6.65. The van der Waals surface area contributed by atoms with Crippen molar-refractivity contribution in [3.63, 3.8) is 0 Å². The molecule has 3 heteroatoms. The van der Waals surface area contributed by atoms with Gasteiger partial charge < -0.3 is 8.98 Å². The van der Waals surface area contributed by atoms with Crippen LogP contribution in [-0.4, -0.2) is 4.57 Å². The van der Waals surface area contributed by atoms with Crippen molar-refractivity contribution in [2.24, 2.45) is 0 Å². The van der Waals surface area contributed by atoms with Crippen LogP contribution in [0.15, 0.2) is 114 Å². The van der Waals surface area contributed by atoms with Crippen LogP contribution in [-0.2, 0) is 0 Å². The van der Waals surface area contributed by atoms with Crippen LogP contribution in [0.5, 0.6) is 0 Å². The van der Waals surface area contributed by atoms with Crippen molar-refractivity contribution >= 4 is 43.7 Å². The summed E-state index contributed by atoms with van der Waals surface area (Å²) in [6, 6.07) is 39.6. The molecule has 0 aliphatic carbocycles. The topological polar surface area (TPSA) is 41.9 Å². The minimum Gasteiger partial charge on any atom is -0.456 e. The van der Waals surface area contributed by atoms with Gasteiger partial charge in [-0.25, -0.2) is 0 Å². The lowest BCUT2D eigenvalue weighted by atomic mass is 9.98. The molecule has 3 nitrogen and oxygen atoms in total. The number of fused-ring (bicyclic) bond motifs is 6. The molecule has 34 heavy (non-hydrogen) atoms. The molecule has 0 saturated heterocycles. The van der Waals surface area contributed by atoms with Crippen LogP contribution in [0, 0.1) is 11.3 Å². The fourth-order valence-corrected chi connectivity index (χ4v) is 5.16. The van der Waals surface area contributed by atoms with Crippen LogP contribution in [0.2, 0.25) is 0 Å². The summed E-state index contributed by atoms with van der Waals surface area (Å²) in [7, 11) is 0. The monoisotopic (exact) mass is 434 g/mol. The fourth-order valence-electron chi connectivity index (χ4n) is 5.16. The van der Waals surface area contributed by atoms with E-state index in [1.807, 2.05) is 36.4 Å². The third-order valence-electron chi connectivity index (χ3n) is 6.65. The SMILES string of the molecule is N#Cc1cccc(-c2ccc3oc4ccccc4c3c2)c1-n1c2ccccc2c2ccccc21. The molecule has 0 fully saturated rings. The highest BCUT2D eigenvalue weighted by Gasteiger charge is 2.19. The molecule has 0 unspecified atom stereocenters. The Morgan fingerprint density at radius 2 is 1.24 bits per heavy atom. The van der Waals surface area contributed by atoms with Crippen molar-refractivity contribution < 1.29 is 4.42 Å². The van der Waals surface area contributed by atoms with Gasteiger partial charge in [0.05, 0.1) is 22.3 Å². The Kier molecular flexibility index (Phi) is 3.91. The fraction of sp³-hybridized carbons (Fsp3) is 0. The number of rotatable bonds is 2. The van der Waals surface area contributed by atoms with Gasteiger partial charge in [0.25, 0.3) is 0 Å². The minimum atomic E-state index is 0.640. The van der Waals surface area contributed by atoms with Gasteiger partial charge in [0.1, 0.15) is 17.2 Å². The molecule has 0 atom stereocenters. The Morgan fingerprint density at radius 1 is 0.588 bits per heavy atom. The number of para-hydroxylation sites is 4. The summed E-state index contributed by atoms with van der Waals surface area (Å²) < 4.78 is 8.28. The van der Waals surface area contributed by atoms with E-state index in [-0.39, 0.29) is 0 Å². The first-order valence-electron chi connectivity index (χ1n) is 11.3. The quantitative estimate of drug-likeness (QED) is 0.275. The molecule has 0 N–H and O–H groups in total. The second-order valence-corrected chi connectivity index (χ2v) is 8.49. The smallest absolute Gasteiger partial charge is 0.135 e.